The van der Waals surface area contributed by atoms with Crippen LogP contribution in [0.25, 0.3) is 11.1 Å². The lowest BCUT2D eigenvalue weighted by Gasteiger charge is -2.22. The predicted molar refractivity (Wildman–Crippen MR) is 124 cm³/mol. The fourth-order valence-corrected chi connectivity index (χ4v) is 5.12. The number of fused-ring (bicyclic) bond motifs is 3. The third kappa shape index (κ3) is 5.71. The Balaban J connectivity index is 1.55. The molecule has 0 spiro atoms. The second-order valence-electron chi connectivity index (χ2n) is 9.08. The summed E-state index contributed by atoms with van der Waals surface area (Å²) in [5, 5.41) is 0. The van der Waals surface area contributed by atoms with Crippen molar-refractivity contribution in [1.82, 2.24) is 0 Å². The fraction of sp³-hybridized carbons (Fsp3) is 0.571. The molecule has 2 aromatic rings. The molecule has 3 rings (SSSR count). The van der Waals surface area contributed by atoms with E-state index in [2.05, 4.69) is 13.8 Å². The fourth-order valence-electron chi connectivity index (χ4n) is 5.12. The number of halogens is 2. The summed E-state index contributed by atoms with van der Waals surface area (Å²) in [5.41, 5.74) is 4.10. The summed E-state index contributed by atoms with van der Waals surface area (Å²) < 4.78 is 29.3. The average Bonchev–Trinajstić information content (AvgIpc) is 2.75. The van der Waals surface area contributed by atoms with Crippen molar-refractivity contribution in [3.8, 4) is 11.1 Å². The minimum absolute atomic E-state index is 0.0490. The molecule has 2 aromatic carbocycles. The molecule has 0 heterocycles. The monoisotopic (exact) mass is 412 g/mol. The van der Waals surface area contributed by atoms with Crippen molar-refractivity contribution in [3.05, 3.63) is 58.7 Å². The summed E-state index contributed by atoms with van der Waals surface area (Å²) in [5.74, 6) is 0.623. The van der Waals surface area contributed by atoms with Gasteiger partial charge in [0, 0.05) is 0 Å². The van der Waals surface area contributed by atoms with E-state index in [1.54, 1.807) is 6.07 Å². The number of hydrogen-bond donors (Lipinski definition) is 0. The number of rotatable bonds is 12. The number of aryl methyl sites for hydroxylation is 1. The zero-order chi connectivity index (χ0) is 21.3. The minimum atomic E-state index is -0.168. The Morgan fingerprint density at radius 2 is 1.47 bits per heavy atom. The Labute approximate surface area is 182 Å². The molecule has 0 aliphatic heterocycles. The smallest absolute Gasteiger partial charge is 0.130 e. The predicted octanol–water partition coefficient (Wildman–Crippen LogP) is 8.83. The quantitative estimate of drug-likeness (QED) is 0.305. The molecular weight excluding hydrogens is 374 g/mol. The van der Waals surface area contributed by atoms with E-state index >= 15 is 4.39 Å². The molecule has 1 aliphatic rings. The van der Waals surface area contributed by atoms with Gasteiger partial charge < -0.3 is 0 Å². The first-order chi connectivity index (χ1) is 14.7. The van der Waals surface area contributed by atoms with Crippen molar-refractivity contribution in [2.45, 2.75) is 97.3 Å². The molecule has 0 saturated heterocycles. The third-order valence-corrected chi connectivity index (χ3v) is 6.83. The highest BCUT2D eigenvalue weighted by molar-refractivity contribution is 5.73. The van der Waals surface area contributed by atoms with Crippen LogP contribution in [0.5, 0.6) is 0 Å². The second-order valence-corrected chi connectivity index (χ2v) is 9.08. The molecule has 164 valence electrons. The normalized spacial score (nSPS) is 13.7. The Morgan fingerprint density at radius 1 is 0.733 bits per heavy atom. The van der Waals surface area contributed by atoms with Crippen molar-refractivity contribution in [3.63, 3.8) is 0 Å². The van der Waals surface area contributed by atoms with Crippen LogP contribution >= 0.6 is 0 Å². The average molecular weight is 413 g/mol. The van der Waals surface area contributed by atoms with Crippen LogP contribution in [0, 0.1) is 17.6 Å². The Kier molecular flexibility index (Phi) is 8.90. The summed E-state index contributed by atoms with van der Waals surface area (Å²) in [6, 6.07) is 9.10. The molecule has 0 amide bonds. The van der Waals surface area contributed by atoms with Gasteiger partial charge in [-0.1, -0.05) is 95.9 Å². The zero-order valence-electron chi connectivity index (χ0n) is 18.9. The highest BCUT2D eigenvalue weighted by Gasteiger charge is 2.22. The largest absolute Gasteiger partial charge is 0.207 e. The standard InChI is InChI=1S/C28H38F2/c1-3-5-6-7-12-21(11-4-2)13-8-9-14-22-17-18-24-23-15-10-16-27(29)25(23)19-20-26(24)28(22)30/h10,15-18,21H,3-9,11-14,19-20H2,1-2H3. The van der Waals surface area contributed by atoms with Crippen molar-refractivity contribution in [1.29, 1.82) is 0 Å². The molecule has 1 aliphatic carbocycles. The summed E-state index contributed by atoms with van der Waals surface area (Å²) in [4.78, 5) is 0. The Morgan fingerprint density at radius 3 is 2.23 bits per heavy atom. The van der Waals surface area contributed by atoms with Gasteiger partial charge in [0.1, 0.15) is 11.6 Å². The lowest BCUT2D eigenvalue weighted by atomic mass is 9.83. The first-order valence-electron chi connectivity index (χ1n) is 12.2. The van der Waals surface area contributed by atoms with Crippen molar-refractivity contribution in [2.75, 3.05) is 0 Å². The first kappa shape index (κ1) is 23.0. The number of hydrogen-bond acceptors (Lipinski definition) is 0. The maximum atomic E-state index is 15.2. The summed E-state index contributed by atoms with van der Waals surface area (Å²) in [7, 11) is 0. The molecular formula is C28H38F2. The Hall–Kier alpha value is -1.70. The summed E-state index contributed by atoms with van der Waals surface area (Å²) in [6.45, 7) is 4.55. The van der Waals surface area contributed by atoms with Crippen LogP contribution in [-0.2, 0) is 19.3 Å². The van der Waals surface area contributed by atoms with Gasteiger partial charge >= 0.3 is 0 Å². The Bertz CT molecular complexity index is 809. The molecule has 2 heteroatoms. The van der Waals surface area contributed by atoms with Crippen LogP contribution in [-0.4, -0.2) is 0 Å². The van der Waals surface area contributed by atoms with Gasteiger partial charge in [-0.15, -0.1) is 0 Å². The summed E-state index contributed by atoms with van der Waals surface area (Å²) >= 11 is 0. The molecule has 30 heavy (non-hydrogen) atoms. The second kappa shape index (κ2) is 11.6. The molecule has 0 nitrogen and oxygen atoms in total. The maximum absolute atomic E-state index is 15.2. The number of unbranched alkanes of at least 4 members (excludes halogenated alkanes) is 4. The van der Waals surface area contributed by atoms with E-state index in [4.69, 9.17) is 0 Å². The SMILES string of the molecule is CCCCCCC(CCC)CCCCc1ccc2c(c1F)CCc1c(F)cccc1-2. The van der Waals surface area contributed by atoms with Gasteiger partial charge in [-0.05, 0) is 65.5 Å². The lowest BCUT2D eigenvalue weighted by Crippen LogP contribution is -2.10. The van der Waals surface area contributed by atoms with Gasteiger partial charge in [-0.2, -0.15) is 0 Å². The summed E-state index contributed by atoms with van der Waals surface area (Å²) in [6.07, 6.45) is 14.8. The van der Waals surface area contributed by atoms with Gasteiger partial charge in [0.15, 0.2) is 0 Å². The van der Waals surface area contributed by atoms with E-state index in [0.717, 1.165) is 46.6 Å². The van der Waals surface area contributed by atoms with E-state index in [9.17, 15) is 4.39 Å². The van der Waals surface area contributed by atoms with Crippen LogP contribution < -0.4 is 0 Å². The van der Waals surface area contributed by atoms with Crippen LogP contribution in [0.1, 0.15) is 94.7 Å². The lowest BCUT2D eigenvalue weighted by molar-refractivity contribution is 0.381. The van der Waals surface area contributed by atoms with E-state index in [0.29, 0.717) is 12.8 Å². The maximum Gasteiger partial charge on any atom is 0.130 e. The topological polar surface area (TPSA) is 0 Å². The molecule has 0 bridgehead atoms. The van der Waals surface area contributed by atoms with Gasteiger partial charge in [-0.25, -0.2) is 8.78 Å². The molecule has 1 unspecified atom stereocenters. The molecule has 0 aromatic heterocycles. The van der Waals surface area contributed by atoms with E-state index in [1.807, 2.05) is 18.2 Å². The molecule has 0 fully saturated rings. The van der Waals surface area contributed by atoms with Crippen LogP contribution in [0.2, 0.25) is 0 Å². The molecule has 1 atom stereocenters. The van der Waals surface area contributed by atoms with Crippen LogP contribution in [0.15, 0.2) is 30.3 Å². The molecule has 0 saturated carbocycles. The van der Waals surface area contributed by atoms with E-state index < -0.39 is 0 Å². The van der Waals surface area contributed by atoms with Crippen molar-refractivity contribution >= 4 is 0 Å². The van der Waals surface area contributed by atoms with Crippen LogP contribution in [0.4, 0.5) is 8.78 Å². The first-order valence-corrected chi connectivity index (χ1v) is 12.2. The highest BCUT2D eigenvalue weighted by Crippen LogP contribution is 2.37. The van der Waals surface area contributed by atoms with Gasteiger partial charge in [0.25, 0.3) is 0 Å². The molecule has 0 radical (unpaired) electrons. The third-order valence-electron chi connectivity index (χ3n) is 6.83. The highest BCUT2D eigenvalue weighted by atomic mass is 19.1. The van der Waals surface area contributed by atoms with Gasteiger partial charge in [0.2, 0.25) is 0 Å². The molecule has 0 N–H and O–H groups in total. The number of benzene rings is 2. The van der Waals surface area contributed by atoms with Gasteiger partial charge in [0.05, 0.1) is 0 Å². The van der Waals surface area contributed by atoms with Gasteiger partial charge in [-0.3, -0.25) is 0 Å². The van der Waals surface area contributed by atoms with Crippen molar-refractivity contribution in [2.24, 2.45) is 5.92 Å². The van der Waals surface area contributed by atoms with E-state index in [-0.39, 0.29) is 11.6 Å². The van der Waals surface area contributed by atoms with Crippen molar-refractivity contribution < 1.29 is 8.78 Å². The van der Waals surface area contributed by atoms with E-state index in [1.165, 1.54) is 63.9 Å². The van der Waals surface area contributed by atoms with Crippen LogP contribution in [0.3, 0.4) is 0 Å². The zero-order valence-corrected chi connectivity index (χ0v) is 18.9. The minimum Gasteiger partial charge on any atom is -0.207 e.